The van der Waals surface area contributed by atoms with Crippen LogP contribution in [0.5, 0.6) is 11.5 Å². The molecule has 2 aromatic carbocycles. The van der Waals surface area contributed by atoms with Crippen LogP contribution in [0.4, 0.5) is 0 Å². The highest BCUT2D eigenvalue weighted by atomic mass is 79.9. The second kappa shape index (κ2) is 9.80. The Morgan fingerprint density at radius 3 is 2.48 bits per heavy atom. The number of benzene rings is 2. The Labute approximate surface area is 181 Å². The molecule has 1 amide bonds. The van der Waals surface area contributed by atoms with Gasteiger partial charge < -0.3 is 18.8 Å². The molecule has 0 atom stereocenters. The molecule has 0 aliphatic carbocycles. The van der Waals surface area contributed by atoms with E-state index >= 15 is 0 Å². The van der Waals surface area contributed by atoms with Gasteiger partial charge in [0, 0.05) is 29.7 Å². The van der Waals surface area contributed by atoms with Crippen molar-refractivity contribution in [2.24, 2.45) is 0 Å². The van der Waals surface area contributed by atoms with Crippen molar-refractivity contribution in [3.63, 3.8) is 0 Å². The molecule has 152 valence electrons. The molecule has 7 nitrogen and oxygen atoms in total. The maximum Gasteiger partial charge on any atom is 0.277 e. The zero-order chi connectivity index (χ0) is 20.8. The first-order valence-corrected chi connectivity index (χ1v) is 10.4. The van der Waals surface area contributed by atoms with Gasteiger partial charge in [0.2, 0.25) is 11.8 Å². The van der Waals surface area contributed by atoms with E-state index in [1.54, 1.807) is 44.4 Å². The van der Waals surface area contributed by atoms with Gasteiger partial charge in [-0.25, -0.2) is 0 Å². The number of carbonyl (C=O) groups excluding carboxylic acids is 1. The normalized spacial score (nSPS) is 10.6. The topological polar surface area (TPSA) is 77.7 Å². The number of methoxy groups -OCH3 is 2. The minimum Gasteiger partial charge on any atom is -0.497 e. The molecule has 0 aliphatic rings. The quantitative estimate of drug-likeness (QED) is 0.448. The minimum atomic E-state index is -0.0337. The van der Waals surface area contributed by atoms with Gasteiger partial charge >= 0.3 is 0 Å². The summed E-state index contributed by atoms with van der Waals surface area (Å²) < 4.78 is 17.2. The van der Waals surface area contributed by atoms with E-state index in [0.717, 1.165) is 10.0 Å². The molecule has 1 aromatic heterocycles. The highest BCUT2D eigenvalue weighted by molar-refractivity contribution is 9.10. The Balaban J connectivity index is 1.62. The van der Waals surface area contributed by atoms with Gasteiger partial charge in [-0.3, -0.25) is 4.79 Å². The third-order valence-electron chi connectivity index (χ3n) is 4.12. The standard InChI is InChI=1S/C20H20BrN3O4S/c1-24(11-13-6-4-5-7-17(13)21)18(25)12-29-20-23-22-19(28-20)14-8-15(26-2)10-16(9-14)27-3/h4-10H,11-12H2,1-3H3. The first-order chi connectivity index (χ1) is 14.0. The van der Waals surface area contributed by atoms with Gasteiger partial charge in [0.05, 0.1) is 20.0 Å². The van der Waals surface area contributed by atoms with Crippen LogP contribution in [0.3, 0.4) is 0 Å². The van der Waals surface area contributed by atoms with Crippen molar-refractivity contribution in [2.45, 2.75) is 11.8 Å². The van der Waals surface area contributed by atoms with Gasteiger partial charge in [-0.1, -0.05) is 45.9 Å². The largest absolute Gasteiger partial charge is 0.497 e. The lowest BCUT2D eigenvalue weighted by atomic mass is 10.2. The van der Waals surface area contributed by atoms with Crippen molar-refractivity contribution < 1.29 is 18.7 Å². The number of nitrogens with zero attached hydrogens (tertiary/aromatic N) is 3. The van der Waals surface area contributed by atoms with Crippen molar-refractivity contribution in [1.29, 1.82) is 0 Å². The molecule has 29 heavy (non-hydrogen) atoms. The second-order valence-corrected chi connectivity index (χ2v) is 7.89. The average Bonchev–Trinajstić information content (AvgIpc) is 3.22. The molecule has 0 saturated heterocycles. The molecule has 0 radical (unpaired) electrons. The summed E-state index contributed by atoms with van der Waals surface area (Å²) in [5, 5.41) is 8.40. The lowest BCUT2D eigenvalue weighted by Gasteiger charge is -2.17. The summed E-state index contributed by atoms with van der Waals surface area (Å²) in [6, 6.07) is 13.1. The van der Waals surface area contributed by atoms with Gasteiger partial charge in [0.25, 0.3) is 5.22 Å². The summed E-state index contributed by atoms with van der Waals surface area (Å²) in [6.45, 7) is 0.513. The van der Waals surface area contributed by atoms with Gasteiger partial charge in [-0.05, 0) is 23.8 Å². The van der Waals surface area contributed by atoms with E-state index in [-0.39, 0.29) is 11.7 Å². The molecular weight excluding hydrogens is 458 g/mol. The first-order valence-electron chi connectivity index (χ1n) is 8.67. The fourth-order valence-electron chi connectivity index (χ4n) is 2.52. The Morgan fingerprint density at radius 2 is 1.83 bits per heavy atom. The molecule has 0 aliphatic heterocycles. The molecule has 0 N–H and O–H groups in total. The third-order valence-corrected chi connectivity index (χ3v) is 5.69. The number of hydrogen-bond donors (Lipinski definition) is 0. The fourth-order valence-corrected chi connectivity index (χ4v) is 3.63. The van der Waals surface area contributed by atoms with Crippen LogP contribution in [0.25, 0.3) is 11.5 Å². The number of aromatic nitrogens is 2. The summed E-state index contributed by atoms with van der Waals surface area (Å²) >= 11 is 4.70. The monoisotopic (exact) mass is 477 g/mol. The van der Waals surface area contributed by atoms with Crippen LogP contribution in [0.2, 0.25) is 0 Å². The van der Waals surface area contributed by atoms with Crippen LogP contribution in [-0.4, -0.2) is 48.0 Å². The predicted molar refractivity (Wildman–Crippen MR) is 114 cm³/mol. The SMILES string of the molecule is COc1cc(OC)cc(-c2nnc(SCC(=O)N(C)Cc3ccccc3Br)o2)c1. The summed E-state index contributed by atoms with van der Waals surface area (Å²) in [4.78, 5) is 14.1. The third kappa shape index (κ3) is 5.51. The maximum absolute atomic E-state index is 12.4. The van der Waals surface area contributed by atoms with Crippen molar-refractivity contribution in [3.8, 4) is 23.0 Å². The Hall–Kier alpha value is -2.52. The number of carbonyl (C=O) groups is 1. The fraction of sp³-hybridized carbons (Fsp3) is 0.250. The van der Waals surface area contributed by atoms with Gasteiger partial charge in [-0.2, -0.15) is 0 Å². The number of hydrogen-bond acceptors (Lipinski definition) is 7. The highest BCUT2D eigenvalue weighted by Gasteiger charge is 2.16. The van der Waals surface area contributed by atoms with Crippen molar-refractivity contribution >= 4 is 33.6 Å². The van der Waals surface area contributed by atoms with Crippen LogP contribution in [-0.2, 0) is 11.3 Å². The molecule has 9 heteroatoms. The van der Waals surface area contributed by atoms with Crippen molar-refractivity contribution in [2.75, 3.05) is 27.0 Å². The van der Waals surface area contributed by atoms with E-state index < -0.39 is 0 Å². The zero-order valence-electron chi connectivity index (χ0n) is 16.2. The average molecular weight is 478 g/mol. The molecule has 0 bridgehead atoms. The highest BCUT2D eigenvalue weighted by Crippen LogP contribution is 2.30. The molecule has 3 aromatic rings. The molecule has 0 spiro atoms. The number of amides is 1. The lowest BCUT2D eigenvalue weighted by molar-refractivity contribution is -0.127. The van der Waals surface area contributed by atoms with Crippen LogP contribution >= 0.6 is 27.7 Å². The molecule has 3 rings (SSSR count). The summed E-state index contributed by atoms with van der Waals surface area (Å²) in [5.41, 5.74) is 1.72. The van der Waals surface area contributed by atoms with E-state index in [4.69, 9.17) is 13.9 Å². The van der Waals surface area contributed by atoms with Crippen molar-refractivity contribution in [1.82, 2.24) is 15.1 Å². The van der Waals surface area contributed by atoms with Gasteiger partial charge in [-0.15, -0.1) is 10.2 Å². The van der Waals surface area contributed by atoms with Crippen LogP contribution in [0, 0.1) is 0 Å². The summed E-state index contributed by atoms with van der Waals surface area (Å²) in [6.07, 6.45) is 0. The van der Waals surface area contributed by atoms with Crippen molar-refractivity contribution in [3.05, 3.63) is 52.5 Å². The van der Waals surface area contributed by atoms with E-state index in [1.165, 1.54) is 11.8 Å². The molecule has 0 saturated carbocycles. The Bertz CT molecular complexity index is 973. The van der Waals surface area contributed by atoms with E-state index in [9.17, 15) is 4.79 Å². The number of halogens is 1. The van der Waals surface area contributed by atoms with E-state index in [1.807, 2.05) is 24.3 Å². The second-order valence-electron chi connectivity index (χ2n) is 6.10. The lowest BCUT2D eigenvalue weighted by Crippen LogP contribution is -2.27. The zero-order valence-corrected chi connectivity index (χ0v) is 18.6. The Kier molecular flexibility index (Phi) is 7.16. The maximum atomic E-state index is 12.4. The number of ether oxygens (including phenoxy) is 2. The van der Waals surface area contributed by atoms with E-state index in [2.05, 4.69) is 26.1 Å². The van der Waals surface area contributed by atoms with E-state index in [0.29, 0.717) is 34.7 Å². The first kappa shape index (κ1) is 21.2. The van der Waals surface area contributed by atoms with Crippen LogP contribution < -0.4 is 9.47 Å². The number of thioether (sulfide) groups is 1. The molecule has 0 fully saturated rings. The molecule has 1 heterocycles. The van der Waals surface area contributed by atoms with Crippen LogP contribution in [0.1, 0.15) is 5.56 Å². The summed E-state index contributed by atoms with van der Waals surface area (Å²) in [5.74, 6) is 1.74. The molecular formula is C20H20BrN3O4S. The molecule has 0 unspecified atom stereocenters. The smallest absolute Gasteiger partial charge is 0.277 e. The van der Waals surface area contributed by atoms with Gasteiger partial charge in [0.1, 0.15) is 11.5 Å². The Morgan fingerprint density at radius 1 is 1.14 bits per heavy atom. The predicted octanol–water partition coefficient (Wildman–Crippen LogP) is 4.27. The van der Waals surface area contributed by atoms with Crippen LogP contribution in [0.15, 0.2) is 56.6 Å². The van der Waals surface area contributed by atoms with Gasteiger partial charge in [0.15, 0.2) is 0 Å². The summed E-state index contributed by atoms with van der Waals surface area (Å²) in [7, 11) is 4.91. The minimum absolute atomic E-state index is 0.0337. The number of rotatable bonds is 8.